The fourth-order valence-electron chi connectivity index (χ4n) is 1.89. The molecule has 2 aromatic heterocycles. The number of ether oxygens (including phenoxy) is 2. The molecule has 10 heteroatoms. The molecule has 120 valence electrons. The Morgan fingerprint density at radius 2 is 2.18 bits per heavy atom. The molecule has 22 heavy (non-hydrogen) atoms. The summed E-state index contributed by atoms with van der Waals surface area (Å²) < 4.78 is 13.9. The summed E-state index contributed by atoms with van der Waals surface area (Å²) in [7, 11) is 4.96. The van der Waals surface area contributed by atoms with E-state index >= 15 is 0 Å². The van der Waals surface area contributed by atoms with E-state index in [9.17, 15) is 4.79 Å². The zero-order chi connectivity index (χ0) is 16.1. The third-order valence-electron chi connectivity index (χ3n) is 2.81. The van der Waals surface area contributed by atoms with Gasteiger partial charge in [0, 0.05) is 20.4 Å². The molecule has 2 heterocycles. The van der Waals surface area contributed by atoms with E-state index in [1.165, 1.54) is 11.8 Å². The first kappa shape index (κ1) is 16.3. The zero-order valence-electron chi connectivity index (χ0n) is 12.6. The summed E-state index contributed by atoms with van der Waals surface area (Å²) >= 11 is 1.23. The maximum Gasteiger partial charge on any atom is 0.243 e. The molecule has 0 spiro atoms. The highest BCUT2D eigenvalue weighted by Crippen LogP contribution is 2.29. The van der Waals surface area contributed by atoms with Crippen molar-refractivity contribution in [3.63, 3.8) is 0 Å². The summed E-state index contributed by atoms with van der Waals surface area (Å²) in [6.45, 7) is 1.02. The second-order valence-corrected chi connectivity index (χ2v) is 5.37. The van der Waals surface area contributed by atoms with Crippen LogP contribution in [0.2, 0.25) is 0 Å². The molecule has 0 bridgehead atoms. The number of rotatable bonds is 8. The monoisotopic (exact) mass is 326 g/mol. The molecule has 0 aliphatic carbocycles. The van der Waals surface area contributed by atoms with E-state index in [2.05, 4.69) is 15.3 Å². The van der Waals surface area contributed by atoms with Crippen LogP contribution < -0.4 is 10.5 Å². The van der Waals surface area contributed by atoms with Crippen LogP contribution in [0, 0.1) is 0 Å². The first-order chi connectivity index (χ1) is 10.6. The van der Waals surface area contributed by atoms with E-state index in [0.29, 0.717) is 30.0 Å². The predicted molar refractivity (Wildman–Crippen MR) is 80.6 cm³/mol. The van der Waals surface area contributed by atoms with E-state index in [1.807, 2.05) is 4.57 Å². The van der Waals surface area contributed by atoms with E-state index in [0.717, 1.165) is 5.56 Å². The largest absolute Gasteiger partial charge is 0.479 e. The number of methoxy groups -OCH3 is 2. The highest BCUT2D eigenvalue weighted by Gasteiger charge is 2.20. The molecule has 0 radical (unpaired) electrons. The molecule has 0 fully saturated rings. The second-order valence-electron chi connectivity index (χ2n) is 4.43. The number of nitrogens with zero attached hydrogens (tertiary/aromatic N) is 5. The Labute approximate surface area is 131 Å². The maximum absolute atomic E-state index is 11.0. The van der Waals surface area contributed by atoms with Gasteiger partial charge in [-0.25, -0.2) is 0 Å². The van der Waals surface area contributed by atoms with Gasteiger partial charge >= 0.3 is 0 Å². The van der Waals surface area contributed by atoms with Crippen molar-refractivity contribution >= 4 is 17.7 Å². The zero-order valence-corrected chi connectivity index (χ0v) is 13.5. The van der Waals surface area contributed by atoms with Gasteiger partial charge in [-0.15, -0.1) is 15.3 Å². The lowest BCUT2D eigenvalue weighted by Gasteiger charge is -2.08. The first-order valence-electron chi connectivity index (χ1n) is 6.48. The molecule has 0 saturated carbocycles. The molecule has 0 aliphatic heterocycles. The molecular formula is C12H18N6O3S. The van der Waals surface area contributed by atoms with Crippen molar-refractivity contribution in [2.75, 3.05) is 26.6 Å². The Kier molecular flexibility index (Phi) is 5.39. The molecule has 2 N–H and O–H groups in total. The lowest BCUT2D eigenvalue weighted by molar-refractivity contribution is -0.115. The van der Waals surface area contributed by atoms with Crippen molar-refractivity contribution in [2.24, 2.45) is 12.8 Å². The van der Waals surface area contributed by atoms with Crippen LogP contribution in [0.1, 0.15) is 0 Å². The first-order valence-corrected chi connectivity index (χ1v) is 7.46. The van der Waals surface area contributed by atoms with Crippen LogP contribution in [-0.4, -0.2) is 57.0 Å². The summed E-state index contributed by atoms with van der Waals surface area (Å²) in [5, 5.41) is 13.1. The summed E-state index contributed by atoms with van der Waals surface area (Å²) in [5.74, 6) is 0.788. The molecule has 2 aromatic rings. The Hall–Kier alpha value is -2.07. The van der Waals surface area contributed by atoms with Crippen LogP contribution >= 0.6 is 11.8 Å². The minimum absolute atomic E-state index is 0.134. The molecule has 0 saturated heterocycles. The van der Waals surface area contributed by atoms with Gasteiger partial charge in [0.25, 0.3) is 0 Å². The van der Waals surface area contributed by atoms with Crippen LogP contribution in [-0.2, 0) is 23.1 Å². The van der Waals surface area contributed by atoms with Crippen LogP contribution in [0.25, 0.3) is 11.4 Å². The van der Waals surface area contributed by atoms with E-state index in [4.69, 9.17) is 15.2 Å². The van der Waals surface area contributed by atoms with Crippen LogP contribution in [0.3, 0.4) is 0 Å². The molecule has 0 atom stereocenters. The predicted octanol–water partition coefficient (Wildman–Crippen LogP) is -0.0890. The van der Waals surface area contributed by atoms with Gasteiger partial charge in [0.15, 0.2) is 11.0 Å². The number of hydrogen-bond acceptors (Lipinski definition) is 7. The number of hydrogen-bond donors (Lipinski definition) is 1. The topological polar surface area (TPSA) is 110 Å². The number of primary amides is 1. The molecule has 0 aliphatic rings. The fraction of sp³-hybridized carbons (Fsp3) is 0.500. The number of aromatic nitrogens is 5. The fourth-order valence-corrected chi connectivity index (χ4v) is 2.59. The number of carbonyl (C=O) groups is 1. The Bertz CT molecular complexity index is 653. The number of thioether (sulfide) groups is 1. The lowest BCUT2D eigenvalue weighted by atomic mass is 10.3. The molecule has 1 amide bonds. The lowest BCUT2D eigenvalue weighted by Crippen LogP contribution is -2.14. The summed E-state index contributed by atoms with van der Waals surface area (Å²) in [6.07, 6.45) is 1.80. The van der Waals surface area contributed by atoms with Crippen molar-refractivity contribution < 1.29 is 14.3 Å². The summed E-state index contributed by atoms with van der Waals surface area (Å²) in [6, 6.07) is 0. The molecule has 0 unspecified atom stereocenters. The second kappa shape index (κ2) is 7.27. The van der Waals surface area contributed by atoms with Crippen molar-refractivity contribution in [1.82, 2.24) is 24.5 Å². The number of amides is 1. The van der Waals surface area contributed by atoms with Crippen molar-refractivity contribution in [3.8, 4) is 17.3 Å². The minimum Gasteiger partial charge on any atom is -0.479 e. The van der Waals surface area contributed by atoms with Gasteiger partial charge in [0.05, 0.1) is 26.0 Å². The highest BCUT2D eigenvalue weighted by atomic mass is 32.2. The average molecular weight is 326 g/mol. The number of aryl methyl sites for hydroxylation is 1. The molecule has 2 rings (SSSR count). The van der Waals surface area contributed by atoms with Crippen LogP contribution in [0.5, 0.6) is 5.88 Å². The minimum atomic E-state index is -0.410. The van der Waals surface area contributed by atoms with Crippen molar-refractivity contribution in [2.45, 2.75) is 11.7 Å². The Morgan fingerprint density at radius 1 is 1.41 bits per heavy atom. The van der Waals surface area contributed by atoms with Crippen LogP contribution in [0.4, 0.5) is 0 Å². The summed E-state index contributed by atoms with van der Waals surface area (Å²) in [5.41, 5.74) is 5.90. The van der Waals surface area contributed by atoms with Gasteiger partial charge in [0.1, 0.15) is 5.56 Å². The Balaban J connectivity index is 2.39. The molecule has 0 aromatic carbocycles. The van der Waals surface area contributed by atoms with E-state index < -0.39 is 5.91 Å². The van der Waals surface area contributed by atoms with E-state index in [1.54, 1.807) is 32.1 Å². The number of carbonyl (C=O) groups excluding carboxylic acids is 1. The van der Waals surface area contributed by atoms with Gasteiger partial charge in [-0.3, -0.25) is 14.0 Å². The average Bonchev–Trinajstić information content (AvgIpc) is 3.05. The van der Waals surface area contributed by atoms with Gasteiger partial charge in [-0.05, 0) is 0 Å². The summed E-state index contributed by atoms with van der Waals surface area (Å²) in [4.78, 5) is 11.0. The van der Waals surface area contributed by atoms with Gasteiger partial charge in [-0.2, -0.15) is 0 Å². The van der Waals surface area contributed by atoms with Crippen molar-refractivity contribution in [1.29, 1.82) is 0 Å². The van der Waals surface area contributed by atoms with Gasteiger partial charge in [-0.1, -0.05) is 11.8 Å². The molecular weight excluding hydrogens is 308 g/mol. The smallest absolute Gasteiger partial charge is 0.243 e. The molecule has 9 nitrogen and oxygen atoms in total. The quantitative estimate of drug-likeness (QED) is 0.675. The van der Waals surface area contributed by atoms with Gasteiger partial charge in [0.2, 0.25) is 11.8 Å². The normalized spacial score (nSPS) is 10.9. The van der Waals surface area contributed by atoms with E-state index in [-0.39, 0.29) is 5.75 Å². The number of nitrogens with two attached hydrogens (primary N) is 1. The van der Waals surface area contributed by atoms with Crippen molar-refractivity contribution in [3.05, 3.63) is 6.20 Å². The maximum atomic E-state index is 11.0. The third-order valence-corrected chi connectivity index (χ3v) is 3.80. The SMILES string of the molecule is COCCn1c(SCC(N)=O)nnc1-c1cn(C)nc1OC. The highest BCUT2D eigenvalue weighted by molar-refractivity contribution is 7.99. The third kappa shape index (κ3) is 3.57. The Morgan fingerprint density at radius 3 is 2.82 bits per heavy atom. The van der Waals surface area contributed by atoms with Crippen LogP contribution in [0.15, 0.2) is 11.4 Å². The van der Waals surface area contributed by atoms with Gasteiger partial charge < -0.3 is 15.2 Å². The standard InChI is InChI=1S/C12H18N6O3S/c1-17-6-8(11(16-17)21-3)10-14-15-12(22-7-9(13)19)18(10)4-5-20-2/h6H,4-5,7H2,1-3H3,(H2,13,19).